The van der Waals surface area contributed by atoms with E-state index in [4.69, 9.17) is 19.4 Å². The van der Waals surface area contributed by atoms with Gasteiger partial charge < -0.3 is 19.7 Å². The molecule has 9 nitrogen and oxygen atoms in total. The van der Waals surface area contributed by atoms with Crippen molar-refractivity contribution in [2.24, 2.45) is 0 Å². The summed E-state index contributed by atoms with van der Waals surface area (Å²) in [4.78, 5) is 27.5. The molecule has 202 valence electrons. The SMILES string of the molecule is N#C[C@H](C(=O)NCCc1ccccc1)c1nc2ccccc2nc1N1CCN(Cc2ccc3c(c2)OCO3)CC1. The molecular weight excluding hydrogens is 504 g/mol. The number of para-hydroxylation sites is 2. The lowest BCUT2D eigenvalue weighted by molar-refractivity contribution is -0.121. The van der Waals surface area contributed by atoms with Crippen molar-refractivity contribution in [3.63, 3.8) is 0 Å². The molecule has 1 saturated heterocycles. The van der Waals surface area contributed by atoms with Gasteiger partial charge in [-0.2, -0.15) is 5.26 Å². The van der Waals surface area contributed by atoms with Crippen LogP contribution in [-0.4, -0.2) is 60.3 Å². The molecule has 0 radical (unpaired) electrons. The lowest BCUT2D eigenvalue weighted by Crippen LogP contribution is -2.47. The number of fused-ring (bicyclic) bond motifs is 2. The molecule has 2 aliphatic heterocycles. The van der Waals surface area contributed by atoms with Crippen molar-refractivity contribution in [1.29, 1.82) is 5.26 Å². The summed E-state index contributed by atoms with van der Waals surface area (Å²) in [6.07, 6.45) is 0.687. The second kappa shape index (κ2) is 11.6. The van der Waals surface area contributed by atoms with Crippen molar-refractivity contribution < 1.29 is 14.3 Å². The fourth-order valence-electron chi connectivity index (χ4n) is 5.17. The van der Waals surface area contributed by atoms with Crippen LogP contribution in [0.4, 0.5) is 5.82 Å². The van der Waals surface area contributed by atoms with E-state index in [9.17, 15) is 10.1 Å². The van der Waals surface area contributed by atoms with Gasteiger partial charge in [-0.3, -0.25) is 9.69 Å². The summed E-state index contributed by atoms with van der Waals surface area (Å²) in [7, 11) is 0. The summed E-state index contributed by atoms with van der Waals surface area (Å²) in [5.41, 5.74) is 4.11. The van der Waals surface area contributed by atoms with Crippen molar-refractivity contribution >= 4 is 22.8 Å². The Hall–Kier alpha value is -4.68. The number of hydrogen-bond acceptors (Lipinski definition) is 8. The van der Waals surface area contributed by atoms with Crippen molar-refractivity contribution in [1.82, 2.24) is 20.2 Å². The minimum atomic E-state index is -1.06. The van der Waals surface area contributed by atoms with Crippen molar-refractivity contribution in [2.45, 2.75) is 18.9 Å². The van der Waals surface area contributed by atoms with Crippen molar-refractivity contribution in [3.8, 4) is 17.6 Å². The average molecular weight is 535 g/mol. The molecular formula is C31H30N6O3. The van der Waals surface area contributed by atoms with Crippen LogP contribution in [0.5, 0.6) is 11.5 Å². The number of anilines is 1. The molecule has 1 N–H and O–H groups in total. The fraction of sp³-hybridized carbons (Fsp3) is 0.290. The summed E-state index contributed by atoms with van der Waals surface area (Å²) in [5, 5.41) is 13.0. The van der Waals surface area contributed by atoms with Gasteiger partial charge in [-0.15, -0.1) is 0 Å². The van der Waals surface area contributed by atoms with E-state index < -0.39 is 5.92 Å². The van der Waals surface area contributed by atoms with Crippen LogP contribution in [0.2, 0.25) is 0 Å². The topological polar surface area (TPSA) is 104 Å². The van der Waals surface area contributed by atoms with Gasteiger partial charge in [0.15, 0.2) is 23.2 Å². The number of amides is 1. The summed E-state index contributed by atoms with van der Waals surface area (Å²) in [6.45, 7) is 4.53. The van der Waals surface area contributed by atoms with Gasteiger partial charge in [0.25, 0.3) is 0 Å². The highest BCUT2D eigenvalue weighted by Gasteiger charge is 2.30. The van der Waals surface area contributed by atoms with Crippen LogP contribution in [0.25, 0.3) is 11.0 Å². The van der Waals surface area contributed by atoms with Crippen LogP contribution in [0, 0.1) is 11.3 Å². The maximum absolute atomic E-state index is 13.2. The molecule has 9 heteroatoms. The monoisotopic (exact) mass is 534 g/mol. The van der Waals surface area contributed by atoms with E-state index in [1.165, 1.54) is 5.56 Å². The zero-order valence-electron chi connectivity index (χ0n) is 22.1. The first-order valence-corrected chi connectivity index (χ1v) is 13.5. The third kappa shape index (κ3) is 5.53. The van der Waals surface area contributed by atoms with E-state index in [1.54, 1.807) is 0 Å². The zero-order valence-corrected chi connectivity index (χ0v) is 22.1. The highest BCUT2D eigenvalue weighted by atomic mass is 16.7. The number of nitrogens with one attached hydrogen (secondary N) is 1. The molecule has 6 rings (SSSR count). The van der Waals surface area contributed by atoms with Gasteiger partial charge in [-0.1, -0.05) is 48.5 Å². The molecule has 3 heterocycles. The maximum Gasteiger partial charge on any atom is 0.243 e. The Morgan fingerprint density at radius 2 is 1.62 bits per heavy atom. The second-order valence-corrected chi connectivity index (χ2v) is 9.96. The molecule has 40 heavy (non-hydrogen) atoms. The minimum absolute atomic E-state index is 0.265. The molecule has 1 amide bonds. The van der Waals surface area contributed by atoms with Crippen LogP contribution < -0.4 is 19.7 Å². The standard InChI is InChI=1S/C31H30N6O3/c32-19-24(31(38)33-13-12-22-6-2-1-3-7-22)29-30(35-26-9-5-4-8-25(26)34-29)37-16-14-36(15-17-37)20-23-10-11-27-28(18-23)40-21-39-27/h1-11,18,24H,12-17,20-21H2,(H,33,38)/t24-/m0/s1. The number of benzene rings is 3. The van der Waals surface area contributed by atoms with Gasteiger partial charge in [-0.25, -0.2) is 9.97 Å². The number of rotatable bonds is 8. The van der Waals surface area contributed by atoms with Crippen LogP contribution in [0.15, 0.2) is 72.8 Å². The molecule has 0 aliphatic carbocycles. The Kier molecular flexibility index (Phi) is 7.42. The fourth-order valence-corrected chi connectivity index (χ4v) is 5.17. The Bertz CT molecular complexity index is 1550. The first kappa shape index (κ1) is 25.6. The number of carbonyl (C=O) groups is 1. The number of carbonyl (C=O) groups excluding carboxylic acids is 1. The number of piperazine rings is 1. The summed E-state index contributed by atoms with van der Waals surface area (Å²) in [5.74, 6) is 0.760. The van der Waals surface area contributed by atoms with Crippen LogP contribution >= 0.6 is 0 Å². The Labute approximate surface area is 233 Å². The van der Waals surface area contributed by atoms with Gasteiger partial charge in [0, 0.05) is 39.3 Å². The predicted octanol–water partition coefficient (Wildman–Crippen LogP) is 3.65. The van der Waals surface area contributed by atoms with Gasteiger partial charge in [0.2, 0.25) is 12.7 Å². The molecule has 0 spiro atoms. The smallest absolute Gasteiger partial charge is 0.243 e. The summed E-state index contributed by atoms with van der Waals surface area (Å²) >= 11 is 0. The predicted molar refractivity (Wildman–Crippen MR) is 151 cm³/mol. The van der Waals surface area contributed by atoms with E-state index >= 15 is 0 Å². The van der Waals surface area contributed by atoms with Crippen molar-refractivity contribution in [2.75, 3.05) is 44.4 Å². The largest absolute Gasteiger partial charge is 0.454 e. The zero-order chi connectivity index (χ0) is 27.3. The third-order valence-corrected chi connectivity index (χ3v) is 7.31. The quantitative estimate of drug-likeness (QED) is 0.366. The van der Waals surface area contributed by atoms with Gasteiger partial charge >= 0.3 is 0 Å². The first-order chi connectivity index (χ1) is 19.7. The number of nitrogens with zero attached hydrogens (tertiary/aromatic N) is 5. The molecule has 4 aromatic rings. The molecule has 0 unspecified atom stereocenters. The third-order valence-electron chi connectivity index (χ3n) is 7.31. The molecule has 1 aromatic heterocycles. The van der Waals surface area contributed by atoms with Gasteiger partial charge in [-0.05, 0) is 41.8 Å². The van der Waals surface area contributed by atoms with Crippen molar-refractivity contribution in [3.05, 3.63) is 89.6 Å². The minimum Gasteiger partial charge on any atom is -0.454 e. The number of hydrogen-bond donors (Lipinski definition) is 1. The molecule has 2 aliphatic rings. The molecule has 3 aromatic carbocycles. The lowest BCUT2D eigenvalue weighted by Gasteiger charge is -2.36. The summed E-state index contributed by atoms with van der Waals surface area (Å²) < 4.78 is 11.0. The van der Waals surface area contributed by atoms with Crippen LogP contribution in [0.3, 0.4) is 0 Å². The van der Waals surface area contributed by atoms with E-state index in [0.29, 0.717) is 43.1 Å². The van der Waals surface area contributed by atoms with Crippen LogP contribution in [0.1, 0.15) is 22.7 Å². The summed E-state index contributed by atoms with van der Waals surface area (Å²) in [6, 6.07) is 25.8. The molecule has 1 atom stereocenters. The first-order valence-electron chi connectivity index (χ1n) is 13.5. The Morgan fingerprint density at radius 3 is 2.40 bits per heavy atom. The lowest BCUT2D eigenvalue weighted by atomic mass is 10.0. The highest BCUT2D eigenvalue weighted by molar-refractivity contribution is 5.88. The van der Waals surface area contributed by atoms with E-state index in [-0.39, 0.29) is 12.7 Å². The second-order valence-electron chi connectivity index (χ2n) is 9.96. The molecule has 1 fully saturated rings. The van der Waals surface area contributed by atoms with E-state index in [1.807, 2.05) is 66.7 Å². The number of aromatic nitrogens is 2. The highest BCUT2D eigenvalue weighted by Crippen LogP contribution is 2.33. The van der Waals surface area contributed by atoms with E-state index in [2.05, 4.69) is 27.3 Å². The number of nitriles is 1. The Balaban J connectivity index is 1.18. The maximum atomic E-state index is 13.2. The molecule has 0 saturated carbocycles. The number of ether oxygens (including phenoxy) is 2. The van der Waals surface area contributed by atoms with E-state index in [0.717, 1.165) is 42.2 Å². The van der Waals surface area contributed by atoms with Crippen LogP contribution in [-0.2, 0) is 17.8 Å². The average Bonchev–Trinajstić information content (AvgIpc) is 3.46. The normalized spacial score (nSPS) is 15.5. The Morgan fingerprint density at radius 1 is 0.900 bits per heavy atom. The molecule has 0 bridgehead atoms. The van der Waals surface area contributed by atoms with Gasteiger partial charge in [0.1, 0.15) is 5.69 Å². The van der Waals surface area contributed by atoms with Gasteiger partial charge in [0.05, 0.1) is 17.1 Å².